The van der Waals surface area contributed by atoms with Gasteiger partial charge in [0.2, 0.25) is 0 Å². The lowest BCUT2D eigenvalue weighted by molar-refractivity contribution is -0.0408. The van der Waals surface area contributed by atoms with Gasteiger partial charge in [0.15, 0.2) is 0 Å². The van der Waals surface area contributed by atoms with Gasteiger partial charge in [-0.1, -0.05) is 44.2 Å². The van der Waals surface area contributed by atoms with Crippen molar-refractivity contribution in [1.82, 2.24) is 4.98 Å². The summed E-state index contributed by atoms with van der Waals surface area (Å²) in [5.74, 6) is 0.968. The molecular weight excluding hydrogens is 310 g/mol. The number of nitrogens with zero attached hydrogens (tertiary/aromatic N) is 2. The summed E-state index contributed by atoms with van der Waals surface area (Å²) in [5, 5.41) is 13.2. The number of rotatable bonds is 4. The Hall–Kier alpha value is -2.38. The van der Waals surface area contributed by atoms with Crippen LogP contribution in [0.15, 0.2) is 30.3 Å². The third-order valence-electron chi connectivity index (χ3n) is 4.62. The van der Waals surface area contributed by atoms with Crippen LogP contribution in [0.1, 0.15) is 61.6 Å². The molecule has 0 spiro atoms. The number of ether oxygens (including phenoxy) is 1. The van der Waals surface area contributed by atoms with Crippen LogP contribution in [0.2, 0.25) is 0 Å². The molecule has 0 saturated heterocycles. The number of hydrogen-bond donors (Lipinski definition) is 1. The number of anilines is 1. The standard InChI is InChI=1S/C21H25N3O/c1-14(2)19-18-13-25-21(3,4)10-16(18)17(11-22)20(24-19)23-12-15-8-6-5-7-9-15/h5-9,14H,10,12-13H2,1-4H3,(H,23,24). The zero-order valence-corrected chi connectivity index (χ0v) is 15.4. The Morgan fingerprint density at radius 3 is 2.60 bits per heavy atom. The highest BCUT2D eigenvalue weighted by atomic mass is 16.5. The van der Waals surface area contributed by atoms with Crippen LogP contribution < -0.4 is 5.32 Å². The van der Waals surface area contributed by atoms with Crippen molar-refractivity contribution in [2.45, 2.75) is 58.8 Å². The SMILES string of the molecule is CC(C)c1nc(NCc2ccccc2)c(C#N)c2c1COC(C)(C)C2. The first kappa shape index (κ1) is 17.4. The minimum Gasteiger partial charge on any atom is -0.370 e. The number of nitrogens with one attached hydrogen (secondary N) is 1. The van der Waals surface area contributed by atoms with Crippen LogP contribution in [0, 0.1) is 11.3 Å². The molecule has 2 aromatic rings. The Morgan fingerprint density at radius 1 is 1.24 bits per heavy atom. The quantitative estimate of drug-likeness (QED) is 0.891. The third-order valence-corrected chi connectivity index (χ3v) is 4.62. The van der Waals surface area contributed by atoms with E-state index in [9.17, 15) is 5.26 Å². The van der Waals surface area contributed by atoms with Gasteiger partial charge < -0.3 is 10.1 Å². The highest BCUT2D eigenvalue weighted by Crippen LogP contribution is 2.36. The molecule has 1 aliphatic rings. The van der Waals surface area contributed by atoms with Gasteiger partial charge in [-0.3, -0.25) is 0 Å². The minimum absolute atomic E-state index is 0.259. The molecule has 0 amide bonds. The monoisotopic (exact) mass is 335 g/mol. The maximum Gasteiger partial charge on any atom is 0.144 e. The largest absolute Gasteiger partial charge is 0.370 e. The van der Waals surface area contributed by atoms with E-state index in [4.69, 9.17) is 9.72 Å². The van der Waals surface area contributed by atoms with Gasteiger partial charge in [0, 0.05) is 18.5 Å². The van der Waals surface area contributed by atoms with E-state index in [2.05, 4.69) is 51.2 Å². The molecule has 1 N–H and O–H groups in total. The van der Waals surface area contributed by atoms with Gasteiger partial charge >= 0.3 is 0 Å². The summed E-state index contributed by atoms with van der Waals surface area (Å²) in [6, 6.07) is 12.5. The maximum absolute atomic E-state index is 9.80. The lowest BCUT2D eigenvalue weighted by Gasteiger charge is -2.34. The average molecular weight is 335 g/mol. The van der Waals surface area contributed by atoms with Gasteiger partial charge in [-0.05, 0) is 30.9 Å². The van der Waals surface area contributed by atoms with Crippen molar-refractivity contribution in [3.63, 3.8) is 0 Å². The van der Waals surface area contributed by atoms with E-state index in [1.807, 2.05) is 18.2 Å². The van der Waals surface area contributed by atoms with E-state index in [0.717, 1.165) is 23.2 Å². The first-order chi connectivity index (χ1) is 11.9. The van der Waals surface area contributed by atoms with Gasteiger partial charge in [0.1, 0.15) is 11.9 Å². The molecular formula is C21H25N3O. The van der Waals surface area contributed by atoms with Crippen molar-refractivity contribution in [3.8, 4) is 6.07 Å². The Kier molecular flexibility index (Phi) is 4.78. The smallest absolute Gasteiger partial charge is 0.144 e. The molecule has 1 aromatic carbocycles. The number of hydrogen-bond acceptors (Lipinski definition) is 4. The van der Waals surface area contributed by atoms with Crippen LogP contribution in [-0.4, -0.2) is 10.6 Å². The third kappa shape index (κ3) is 3.67. The van der Waals surface area contributed by atoms with Crippen LogP contribution in [0.5, 0.6) is 0 Å². The minimum atomic E-state index is -0.259. The topological polar surface area (TPSA) is 57.9 Å². The molecule has 2 heterocycles. The summed E-state index contributed by atoms with van der Waals surface area (Å²) in [5.41, 5.74) is 4.78. The number of benzene rings is 1. The van der Waals surface area contributed by atoms with Gasteiger partial charge in [-0.2, -0.15) is 5.26 Å². The van der Waals surface area contributed by atoms with Crippen molar-refractivity contribution in [3.05, 3.63) is 58.3 Å². The first-order valence-corrected chi connectivity index (χ1v) is 8.79. The summed E-state index contributed by atoms with van der Waals surface area (Å²) in [7, 11) is 0. The van der Waals surface area contributed by atoms with Crippen LogP contribution in [0.3, 0.4) is 0 Å². The molecule has 25 heavy (non-hydrogen) atoms. The van der Waals surface area contributed by atoms with Crippen LogP contribution in [0.4, 0.5) is 5.82 Å². The fourth-order valence-electron chi connectivity index (χ4n) is 3.30. The van der Waals surface area contributed by atoms with Crippen LogP contribution in [0.25, 0.3) is 0 Å². The average Bonchev–Trinajstić information content (AvgIpc) is 2.58. The predicted octanol–water partition coefficient (Wildman–Crippen LogP) is 4.54. The number of nitriles is 1. The highest BCUT2D eigenvalue weighted by Gasteiger charge is 2.32. The van der Waals surface area contributed by atoms with Gasteiger partial charge in [0.25, 0.3) is 0 Å². The van der Waals surface area contributed by atoms with Crippen molar-refractivity contribution in [2.24, 2.45) is 0 Å². The van der Waals surface area contributed by atoms with Gasteiger partial charge in [-0.15, -0.1) is 0 Å². The molecule has 1 aromatic heterocycles. The number of fused-ring (bicyclic) bond motifs is 1. The molecule has 4 nitrogen and oxygen atoms in total. The lowest BCUT2D eigenvalue weighted by Crippen LogP contribution is -2.33. The predicted molar refractivity (Wildman–Crippen MR) is 99.4 cm³/mol. The fraction of sp³-hybridized carbons (Fsp3) is 0.429. The van der Waals surface area contributed by atoms with Crippen molar-refractivity contribution >= 4 is 5.82 Å². The van der Waals surface area contributed by atoms with Gasteiger partial charge in [0.05, 0.1) is 23.5 Å². The van der Waals surface area contributed by atoms with E-state index in [1.165, 1.54) is 5.56 Å². The first-order valence-electron chi connectivity index (χ1n) is 8.79. The molecule has 3 rings (SSSR count). The van der Waals surface area contributed by atoms with Crippen LogP contribution >= 0.6 is 0 Å². The second kappa shape index (κ2) is 6.85. The molecule has 0 aliphatic carbocycles. The normalized spacial score (nSPS) is 15.5. The Balaban J connectivity index is 2.03. The summed E-state index contributed by atoms with van der Waals surface area (Å²) in [4.78, 5) is 4.81. The summed E-state index contributed by atoms with van der Waals surface area (Å²) in [6.07, 6.45) is 0.730. The number of aromatic nitrogens is 1. The molecule has 130 valence electrons. The van der Waals surface area contributed by atoms with Crippen LogP contribution in [-0.2, 0) is 24.3 Å². The van der Waals surface area contributed by atoms with E-state index in [1.54, 1.807) is 0 Å². The van der Waals surface area contributed by atoms with E-state index in [0.29, 0.717) is 24.5 Å². The fourth-order valence-corrected chi connectivity index (χ4v) is 3.30. The second-order valence-electron chi connectivity index (χ2n) is 7.51. The van der Waals surface area contributed by atoms with Crippen molar-refractivity contribution in [2.75, 3.05) is 5.32 Å². The Morgan fingerprint density at radius 2 is 1.96 bits per heavy atom. The molecule has 0 radical (unpaired) electrons. The second-order valence-corrected chi connectivity index (χ2v) is 7.51. The summed E-state index contributed by atoms with van der Waals surface area (Å²) >= 11 is 0. The molecule has 0 fully saturated rings. The van der Waals surface area contributed by atoms with E-state index < -0.39 is 0 Å². The molecule has 0 unspecified atom stereocenters. The van der Waals surface area contributed by atoms with Gasteiger partial charge in [-0.25, -0.2) is 4.98 Å². The zero-order chi connectivity index (χ0) is 18.0. The van der Waals surface area contributed by atoms with Crippen molar-refractivity contribution < 1.29 is 4.74 Å². The van der Waals surface area contributed by atoms with E-state index >= 15 is 0 Å². The lowest BCUT2D eigenvalue weighted by atomic mass is 9.86. The molecule has 0 atom stereocenters. The van der Waals surface area contributed by atoms with Crippen molar-refractivity contribution in [1.29, 1.82) is 5.26 Å². The molecule has 0 bridgehead atoms. The Bertz CT molecular complexity index is 804. The Labute approximate surface area is 149 Å². The maximum atomic E-state index is 9.80. The molecule has 4 heteroatoms. The van der Waals surface area contributed by atoms with E-state index in [-0.39, 0.29) is 11.5 Å². The summed E-state index contributed by atoms with van der Waals surface area (Å²) in [6.45, 7) is 9.59. The highest BCUT2D eigenvalue weighted by molar-refractivity contribution is 5.61. The number of pyridine rings is 1. The zero-order valence-electron chi connectivity index (χ0n) is 15.4. The molecule has 1 aliphatic heterocycles. The summed E-state index contributed by atoms with van der Waals surface area (Å²) < 4.78 is 5.98. The molecule has 0 saturated carbocycles.